The summed E-state index contributed by atoms with van der Waals surface area (Å²) >= 11 is 1.90. The molecule has 1 aliphatic rings. The summed E-state index contributed by atoms with van der Waals surface area (Å²) in [6.45, 7) is 3.48. The average Bonchev–Trinajstić information content (AvgIpc) is 2.79. The van der Waals surface area contributed by atoms with Gasteiger partial charge in [-0.25, -0.2) is 0 Å². The summed E-state index contributed by atoms with van der Waals surface area (Å²) in [6, 6.07) is 9.08. The normalized spacial score (nSPS) is 24.5. The van der Waals surface area contributed by atoms with Crippen molar-refractivity contribution in [2.24, 2.45) is 0 Å². The maximum atomic E-state index is 3.90. The molecule has 3 rings (SSSR count). The highest BCUT2D eigenvalue weighted by molar-refractivity contribution is 7.17. The highest BCUT2D eigenvalue weighted by atomic mass is 32.1. The molecule has 1 saturated heterocycles. The monoisotopic (exact) mass is 273 g/mol. The van der Waals surface area contributed by atoms with Crippen LogP contribution in [0, 0.1) is 0 Å². The molecule has 1 N–H and O–H groups in total. The van der Waals surface area contributed by atoms with Gasteiger partial charge >= 0.3 is 0 Å². The standard InChI is InChI=1S/C17H23NS/c1-2-10-17(11-4-3-5-12-18-17)15-8-6-7-14-9-13-19-16(14)15/h6-9,13,18H,2-5,10-12H2,1H3. The van der Waals surface area contributed by atoms with E-state index in [4.69, 9.17) is 0 Å². The molecule has 0 saturated carbocycles. The smallest absolute Gasteiger partial charge is 0.0448 e. The molecule has 2 heterocycles. The Labute approximate surface area is 120 Å². The maximum absolute atomic E-state index is 3.90. The first kappa shape index (κ1) is 13.1. The zero-order valence-corrected chi connectivity index (χ0v) is 12.6. The van der Waals surface area contributed by atoms with Crippen LogP contribution in [0.1, 0.15) is 51.0 Å². The summed E-state index contributed by atoms with van der Waals surface area (Å²) in [5.74, 6) is 0. The minimum absolute atomic E-state index is 0.218. The second kappa shape index (κ2) is 5.64. The maximum Gasteiger partial charge on any atom is 0.0448 e. The van der Waals surface area contributed by atoms with Gasteiger partial charge in [-0.2, -0.15) is 0 Å². The topological polar surface area (TPSA) is 12.0 Å². The molecule has 2 aromatic rings. The molecule has 0 amide bonds. The molecule has 1 atom stereocenters. The van der Waals surface area contributed by atoms with Gasteiger partial charge in [-0.05, 0) is 48.2 Å². The molecule has 1 aliphatic heterocycles. The molecule has 1 aromatic carbocycles. The third kappa shape index (κ3) is 2.44. The molecule has 1 fully saturated rings. The van der Waals surface area contributed by atoms with E-state index in [0.29, 0.717) is 0 Å². The molecule has 102 valence electrons. The van der Waals surface area contributed by atoms with Crippen molar-refractivity contribution in [3.8, 4) is 0 Å². The number of hydrogen-bond donors (Lipinski definition) is 1. The van der Waals surface area contributed by atoms with Crippen LogP contribution < -0.4 is 5.32 Å². The second-order valence-corrected chi connectivity index (χ2v) is 6.63. The zero-order valence-electron chi connectivity index (χ0n) is 11.7. The lowest BCUT2D eigenvalue weighted by atomic mass is 9.81. The van der Waals surface area contributed by atoms with Crippen LogP contribution in [0.2, 0.25) is 0 Å². The fourth-order valence-corrected chi connectivity index (χ4v) is 4.53. The van der Waals surface area contributed by atoms with Crippen LogP contribution in [0.3, 0.4) is 0 Å². The van der Waals surface area contributed by atoms with Gasteiger partial charge in [0, 0.05) is 10.2 Å². The van der Waals surface area contributed by atoms with Crippen molar-refractivity contribution in [3.63, 3.8) is 0 Å². The number of thiophene rings is 1. The molecular formula is C17H23NS. The van der Waals surface area contributed by atoms with E-state index in [2.05, 4.69) is 41.9 Å². The van der Waals surface area contributed by atoms with Crippen LogP contribution in [0.4, 0.5) is 0 Å². The zero-order chi connectivity index (χ0) is 13.1. The Morgan fingerprint density at radius 2 is 2.16 bits per heavy atom. The van der Waals surface area contributed by atoms with E-state index >= 15 is 0 Å². The van der Waals surface area contributed by atoms with Crippen LogP contribution in [-0.4, -0.2) is 6.54 Å². The van der Waals surface area contributed by atoms with Gasteiger partial charge < -0.3 is 5.32 Å². The Kier molecular flexibility index (Phi) is 3.90. The van der Waals surface area contributed by atoms with E-state index < -0.39 is 0 Å². The van der Waals surface area contributed by atoms with Crippen molar-refractivity contribution < 1.29 is 0 Å². The first-order chi connectivity index (χ1) is 9.36. The van der Waals surface area contributed by atoms with Gasteiger partial charge in [-0.15, -0.1) is 11.3 Å². The third-order valence-electron chi connectivity index (χ3n) is 4.42. The van der Waals surface area contributed by atoms with Crippen molar-refractivity contribution in [1.29, 1.82) is 0 Å². The van der Waals surface area contributed by atoms with Crippen LogP contribution in [0.25, 0.3) is 10.1 Å². The van der Waals surface area contributed by atoms with Gasteiger partial charge in [0.2, 0.25) is 0 Å². The van der Waals surface area contributed by atoms with Crippen molar-refractivity contribution >= 4 is 21.4 Å². The number of fused-ring (bicyclic) bond motifs is 1. The largest absolute Gasteiger partial charge is 0.307 e. The first-order valence-corrected chi connectivity index (χ1v) is 8.45. The number of nitrogens with one attached hydrogen (secondary N) is 1. The van der Waals surface area contributed by atoms with Crippen molar-refractivity contribution in [2.45, 2.75) is 51.0 Å². The molecule has 0 bridgehead atoms. The lowest BCUT2D eigenvalue weighted by Gasteiger charge is -2.35. The predicted molar refractivity (Wildman–Crippen MR) is 84.9 cm³/mol. The Balaban J connectivity index is 2.10. The van der Waals surface area contributed by atoms with E-state index in [-0.39, 0.29) is 5.54 Å². The van der Waals surface area contributed by atoms with E-state index in [0.717, 1.165) is 0 Å². The van der Waals surface area contributed by atoms with Crippen molar-refractivity contribution in [3.05, 3.63) is 35.2 Å². The highest BCUT2D eigenvalue weighted by Gasteiger charge is 2.33. The summed E-state index contributed by atoms with van der Waals surface area (Å²) in [4.78, 5) is 0. The van der Waals surface area contributed by atoms with Crippen LogP contribution in [0.15, 0.2) is 29.6 Å². The number of hydrogen-bond acceptors (Lipinski definition) is 2. The Morgan fingerprint density at radius 1 is 1.21 bits per heavy atom. The number of rotatable bonds is 3. The average molecular weight is 273 g/mol. The molecule has 2 heteroatoms. The highest BCUT2D eigenvalue weighted by Crippen LogP contribution is 2.39. The van der Waals surface area contributed by atoms with Gasteiger partial charge in [0.05, 0.1) is 0 Å². The van der Waals surface area contributed by atoms with Crippen LogP contribution >= 0.6 is 11.3 Å². The third-order valence-corrected chi connectivity index (χ3v) is 5.38. The first-order valence-electron chi connectivity index (χ1n) is 7.57. The number of benzene rings is 1. The van der Waals surface area contributed by atoms with Gasteiger partial charge in [0.25, 0.3) is 0 Å². The fraction of sp³-hybridized carbons (Fsp3) is 0.529. The van der Waals surface area contributed by atoms with Gasteiger partial charge in [-0.1, -0.05) is 44.4 Å². The van der Waals surface area contributed by atoms with Crippen LogP contribution in [0.5, 0.6) is 0 Å². The molecular weight excluding hydrogens is 250 g/mol. The second-order valence-electron chi connectivity index (χ2n) is 5.71. The molecule has 0 spiro atoms. The van der Waals surface area contributed by atoms with E-state index in [1.165, 1.54) is 55.2 Å². The fourth-order valence-electron chi connectivity index (χ4n) is 3.52. The van der Waals surface area contributed by atoms with E-state index in [1.54, 1.807) is 5.56 Å². The Bertz CT molecular complexity index is 535. The van der Waals surface area contributed by atoms with Gasteiger partial charge in [-0.3, -0.25) is 0 Å². The predicted octanol–water partition coefficient (Wildman–Crippen LogP) is 5.06. The van der Waals surface area contributed by atoms with E-state index in [9.17, 15) is 0 Å². The minimum atomic E-state index is 0.218. The summed E-state index contributed by atoms with van der Waals surface area (Å²) in [7, 11) is 0. The lowest BCUT2D eigenvalue weighted by Crippen LogP contribution is -2.41. The summed E-state index contributed by atoms with van der Waals surface area (Å²) in [5.41, 5.74) is 1.76. The summed E-state index contributed by atoms with van der Waals surface area (Å²) in [6.07, 6.45) is 7.84. The SMILES string of the molecule is CCCC1(c2cccc3ccsc23)CCCCCN1. The quantitative estimate of drug-likeness (QED) is 0.824. The molecule has 19 heavy (non-hydrogen) atoms. The van der Waals surface area contributed by atoms with Crippen molar-refractivity contribution in [2.75, 3.05) is 6.54 Å². The molecule has 1 unspecified atom stereocenters. The minimum Gasteiger partial charge on any atom is -0.307 e. The summed E-state index contributed by atoms with van der Waals surface area (Å²) < 4.78 is 1.49. The summed E-state index contributed by atoms with van der Waals surface area (Å²) in [5, 5.41) is 7.53. The van der Waals surface area contributed by atoms with Crippen LogP contribution in [-0.2, 0) is 5.54 Å². The molecule has 0 aliphatic carbocycles. The van der Waals surface area contributed by atoms with Crippen molar-refractivity contribution in [1.82, 2.24) is 5.32 Å². The Morgan fingerprint density at radius 3 is 3.05 bits per heavy atom. The van der Waals surface area contributed by atoms with Gasteiger partial charge in [0.15, 0.2) is 0 Å². The Hall–Kier alpha value is -0.860. The van der Waals surface area contributed by atoms with E-state index in [1.807, 2.05) is 11.3 Å². The molecule has 0 radical (unpaired) electrons. The molecule has 1 aromatic heterocycles. The lowest BCUT2D eigenvalue weighted by molar-refractivity contribution is 0.300. The van der Waals surface area contributed by atoms with Gasteiger partial charge in [0.1, 0.15) is 0 Å². The molecule has 1 nitrogen and oxygen atoms in total.